The normalized spacial score (nSPS) is 41.8. The highest BCUT2D eigenvalue weighted by molar-refractivity contribution is 4.91. The van der Waals surface area contributed by atoms with Gasteiger partial charge in [0.2, 0.25) is 0 Å². The van der Waals surface area contributed by atoms with Gasteiger partial charge >= 0.3 is 0 Å². The van der Waals surface area contributed by atoms with Gasteiger partial charge in [-0.1, -0.05) is 19.8 Å². The Kier molecular flexibility index (Phi) is 3.13. The molecular formula is C12H24N2. The summed E-state index contributed by atoms with van der Waals surface area (Å²) in [6.07, 6.45) is 6.92. The molecule has 0 aromatic rings. The number of rotatable bonds is 1. The van der Waals surface area contributed by atoms with Gasteiger partial charge in [-0.2, -0.15) is 0 Å². The highest BCUT2D eigenvalue weighted by atomic mass is 15.2. The SMILES string of the molecule is CC1C(N)CCN(C2CCCC2)C1C. The summed E-state index contributed by atoms with van der Waals surface area (Å²) >= 11 is 0. The van der Waals surface area contributed by atoms with Crippen LogP contribution in [0.15, 0.2) is 0 Å². The summed E-state index contributed by atoms with van der Waals surface area (Å²) in [6, 6.07) is 2.00. The van der Waals surface area contributed by atoms with E-state index in [-0.39, 0.29) is 0 Å². The summed E-state index contributed by atoms with van der Waals surface area (Å²) < 4.78 is 0. The molecular weight excluding hydrogens is 172 g/mol. The number of hydrogen-bond acceptors (Lipinski definition) is 2. The average molecular weight is 196 g/mol. The number of likely N-dealkylation sites (tertiary alicyclic amines) is 1. The Morgan fingerprint density at radius 3 is 2.36 bits per heavy atom. The third-order valence-electron chi connectivity index (χ3n) is 4.47. The van der Waals surface area contributed by atoms with Crippen LogP contribution in [0.1, 0.15) is 46.0 Å². The van der Waals surface area contributed by atoms with Gasteiger partial charge in [0.25, 0.3) is 0 Å². The zero-order valence-electron chi connectivity index (χ0n) is 9.58. The first-order valence-electron chi connectivity index (χ1n) is 6.21. The Morgan fingerprint density at radius 2 is 1.71 bits per heavy atom. The zero-order valence-corrected chi connectivity index (χ0v) is 9.58. The number of nitrogens with two attached hydrogens (primary N) is 1. The molecule has 2 rings (SSSR count). The Balaban J connectivity index is 1.98. The van der Waals surface area contributed by atoms with Gasteiger partial charge in [0.05, 0.1) is 0 Å². The second-order valence-electron chi connectivity index (χ2n) is 5.23. The molecule has 14 heavy (non-hydrogen) atoms. The van der Waals surface area contributed by atoms with Crippen LogP contribution in [0, 0.1) is 5.92 Å². The highest BCUT2D eigenvalue weighted by Gasteiger charge is 2.34. The minimum Gasteiger partial charge on any atom is -0.327 e. The number of hydrogen-bond donors (Lipinski definition) is 1. The van der Waals surface area contributed by atoms with Crippen LogP contribution < -0.4 is 5.73 Å². The van der Waals surface area contributed by atoms with Crippen LogP contribution >= 0.6 is 0 Å². The van der Waals surface area contributed by atoms with Crippen molar-refractivity contribution >= 4 is 0 Å². The quantitative estimate of drug-likeness (QED) is 0.695. The van der Waals surface area contributed by atoms with Gasteiger partial charge in [-0.15, -0.1) is 0 Å². The zero-order chi connectivity index (χ0) is 10.1. The van der Waals surface area contributed by atoms with E-state index in [9.17, 15) is 0 Å². The lowest BCUT2D eigenvalue weighted by molar-refractivity contribution is 0.0586. The summed E-state index contributed by atoms with van der Waals surface area (Å²) in [5, 5.41) is 0. The van der Waals surface area contributed by atoms with Crippen LogP contribution in [0.25, 0.3) is 0 Å². The molecule has 0 amide bonds. The fourth-order valence-corrected chi connectivity index (χ4v) is 3.18. The first kappa shape index (κ1) is 10.4. The summed E-state index contributed by atoms with van der Waals surface area (Å²) in [5.74, 6) is 0.671. The molecule has 3 unspecified atom stereocenters. The average Bonchev–Trinajstić information content (AvgIpc) is 2.67. The fraction of sp³-hybridized carbons (Fsp3) is 1.00. The van der Waals surface area contributed by atoms with E-state index in [2.05, 4.69) is 18.7 Å². The van der Waals surface area contributed by atoms with Gasteiger partial charge in [0.15, 0.2) is 0 Å². The van der Waals surface area contributed by atoms with E-state index in [0.717, 1.165) is 6.04 Å². The van der Waals surface area contributed by atoms with Crippen LogP contribution in [0.4, 0.5) is 0 Å². The van der Waals surface area contributed by atoms with Gasteiger partial charge in [-0.05, 0) is 32.1 Å². The van der Waals surface area contributed by atoms with E-state index in [1.54, 1.807) is 0 Å². The molecule has 1 saturated heterocycles. The van der Waals surface area contributed by atoms with Crippen LogP contribution in [0.5, 0.6) is 0 Å². The third kappa shape index (κ3) is 1.82. The molecule has 2 aliphatic rings. The lowest BCUT2D eigenvalue weighted by Gasteiger charge is -2.44. The maximum Gasteiger partial charge on any atom is 0.0110 e. The standard InChI is InChI=1S/C12H24N2/c1-9-10(2)14(8-7-12(9)13)11-5-3-4-6-11/h9-12H,3-8,13H2,1-2H3. The van der Waals surface area contributed by atoms with Crippen LogP contribution in [0.3, 0.4) is 0 Å². The number of nitrogens with zero attached hydrogens (tertiary/aromatic N) is 1. The molecule has 1 aliphatic carbocycles. The molecule has 0 radical (unpaired) electrons. The molecule has 2 N–H and O–H groups in total. The molecule has 2 heteroatoms. The van der Waals surface area contributed by atoms with E-state index in [0.29, 0.717) is 18.0 Å². The Morgan fingerprint density at radius 1 is 1.07 bits per heavy atom. The molecule has 0 aromatic carbocycles. The molecule has 0 bridgehead atoms. The van der Waals surface area contributed by atoms with Gasteiger partial charge in [0.1, 0.15) is 0 Å². The van der Waals surface area contributed by atoms with E-state index >= 15 is 0 Å². The van der Waals surface area contributed by atoms with Crippen molar-refractivity contribution in [2.24, 2.45) is 11.7 Å². The fourth-order valence-electron chi connectivity index (χ4n) is 3.18. The van der Waals surface area contributed by atoms with E-state index < -0.39 is 0 Å². The molecule has 1 heterocycles. The summed E-state index contributed by atoms with van der Waals surface area (Å²) in [4.78, 5) is 2.72. The van der Waals surface area contributed by atoms with Gasteiger partial charge < -0.3 is 5.73 Å². The second-order valence-corrected chi connectivity index (χ2v) is 5.23. The van der Waals surface area contributed by atoms with Crippen LogP contribution in [-0.4, -0.2) is 29.6 Å². The summed E-state index contributed by atoms with van der Waals surface area (Å²) in [5.41, 5.74) is 6.10. The van der Waals surface area contributed by atoms with Crippen molar-refractivity contribution in [3.8, 4) is 0 Å². The monoisotopic (exact) mass is 196 g/mol. The maximum atomic E-state index is 6.10. The van der Waals surface area contributed by atoms with E-state index in [4.69, 9.17) is 5.73 Å². The highest BCUT2D eigenvalue weighted by Crippen LogP contribution is 2.31. The van der Waals surface area contributed by atoms with Crippen LogP contribution in [-0.2, 0) is 0 Å². The second kappa shape index (κ2) is 4.19. The van der Waals surface area contributed by atoms with Crippen molar-refractivity contribution in [3.63, 3.8) is 0 Å². The smallest absolute Gasteiger partial charge is 0.0110 e. The molecule has 1 aliphatic heterocycles. The maximum absolute atomic E-state index is 6.10. The minimum absolute atomic E-state index is 0.433. The van der Waals surface area contributed by atoms with Crippen molar-refractivity contribution < 1.29 is 0 Å². The first-order chi connectivity index (χ1) is 6.70. The molecule has 2 fully saturated rings. The predicted octanol–water partition coefficient (Wildman–Crippen LogP) is 1.99. The molecule has 0 aromatic heterocycles. The molecule has 0 spiro atoms. The summed E-state index contributed by atoms with van der Waals surface area (Å²) in [6.45, 7) is 5.91. The Labute approximate surface area is 87.8 Å². The van der Waals surface area contributed by atoms with Crippen molar-refractivity contribution in [3.05, 3.63) is 0 Å². The first-order valence-corrected chi connectivity index (χ1v) is 6.21. The van der Waals surface area contributed by atoms with E-state index in [1.807, 2.05) is 0 Å². The lowest BCUT2D eigenvalue weighted by atomic mass is 9.86. The largest absolute Gasteiger partial charge is 0.327 e. The lowest BCUT2D eigenvalue weighted by Crippen LogP contribution is -2.54. The van der Waals surface area contributed by atoms with Crippen LogP contribution in [0.2, 0.25) is 0 Å². The predicted molar refractivity (Wildman–Crippen MR) is 60.2 cm³/mol. The van der Waals surface area contributed by atoms with Gasteiger partial charge in [-0.3, -0.25) is 4.90 Å². The van der Waals surface area contributed by atoms with Crippen molar-refractivity contribution in [1.82, 2.24) is 4.90 Å². The van der Waals surface area contributed by atoms with Crippen molar-refractivity contribution in [1.29, 1.82) is 0 Å². The number of piperidine rings is 1. The van der Waals surface area contributed by atoms with Gasteiger partial charge in [0, 0.05) is 24.7 Å². The van der Waals surface area contributed by atoms with Crippen molar-refractivity contribution in [2.45, 2.75) is 64.1 Å². The Bertz CT molecular complexity index is 187. The molecule has 82 valence electrons. The summed E-state index contributed by atoms with van der Waals surface area (Å²) in [7, 11) is 0. The molecule has 3 atom stereocenters. The van der Waals surface area contributed by atoms with Crippen molar-refractivity contribution in [2.75, 3.05) is 6.54 Å². The topological polar surface area (TPSA) is 29.3 Å². The molecule has 2 nitrogen and oxygen atoms in total. The van der Waals surface area contributed by atoms with E-state index in [1.165, 1.54) is 38.6 Å². The minimum atomic E-state index is 0.433. The molecule has 1 saturated carbocycles. The van der Waals surface area contributed by atoms with Gasteiger partial charge in [-0.25, -0.2) is 0 Å². The third-order valence-corrected chi connectivity index (χ3v) is 4.47. The Hall–Kier alpha value is -0.0800.